The first-order valence-corrected chi connectivity index (χ1v) is 9.89. The van der Waals surface area contributed by atoms with Crippen molar-refractivity contribution >= 4 is 15.8 Å². The van der Waals surface area contributed by atoms with Crippen LogP contribution >= 0.6 is 0 Å². The SMILES string of the molecule is CN=C(NCCOc1ccc(OC)cc1)N1CCS(=O)(=O)C(C)(C)C1. The van der Waals surface area contributed by atoms with E-state index in [1.807, 2.05) is 29.2 Å². The summed E-state index contributed by atoms with van der Waals surface area (Å²) in [6.07, 6.45) is 0. The maximum Gasteiger partial charge on any atom is 0.193 e. The number of methoxy groups -OCH3 is 1. The fourth-order valence-electron chi connectivity index (χ4n) is 2.66. The van der Waals surface area contributed by atoms with Gasteiger partial charge in [0.2, 0.25) is 0 Å². The Morgan fingerprint density at radius 3 is 2.48 bits per heavy atom. The van der Waals surface area contributed by atoms with Crippen LogP contribution in [0.4, 0.5) is 0 Å². The van der Waals surface area contributed by atoms with Gasteiger partial charge in [-0.25, -0.2) is 8.42 Å². The zero-order chi connectivity index (χ0) is 18.5. The maximum absolute atomic E-state index is 12.1. The predicted molar refractivity (Wildman–Crippen MR) is 99.3 cm³/mol. The predicted octanol–water partition coefficient (Wildman–Crippen LogP) is 1.16. The molecule has 1 heterocycles. The summed E-state index contributed by atoms with van der Waals surface area (Å²) in [6.45, 7) is 5.44. The number of aliphatic imine (C=N–C) groups is 1. The lowest BCUT2D eigenvalue weighted by Crippen LogP contribution is -2.57. The van der Waals surface area contributed by atoms with Crippen LogP contribution < -0.4 is 14.8 Å². The van der Waals surface area contributed by atoms with Crippen LogP contribution in [-0.4, -0.2) is 70.2 Å². The van der Waals surface area contributed by atoms with E-state index in [4.69, 9.17) is 9.47 Å². The summed E-state index contributed by atoms with van der Waals surface area (Å²) in [4.78, 5) is 6.24. The summed E-state index contributed by atoms with van der Waals surface area (Å²) in [5.41, 5.74) is 0. The molecule has 0 radical (unpaired) electrons. The van der Waals surface area contributed by atoms with Gasteiger partial charge in [-0.15, -0.1) is 0 Å². The summed E-state index contributed by atoms with van der Waals surface area (Å²) in [5.74, 6) is 2.39. The molecular weight excluding hydrogens is 342 g/mol. The summed E-state index contributed by atoms with van der Waals surface area (Å²) in [6, 6.07) is 7.40. The number of nitrogens with zero attached hydrogens (tertiary/aromatic N) is 2. The van der Waals surface area contributed by atoms with Crippen LogP contribution in [0.15, 0.2) is 29.3 Å². The van der Waals surface area contributed by atoms with Gasteiger partial charge in [-0.1, -0.05) is 0 Å². The molecule has 7 nitrogen and oxygen atoms in total. The highest BCUT2D eigenvalue weighted by molar-refractivity contribution is 7.92. The lowest BCUT2D eigenvalue weighted by Gasteiger charge is -2.39. The minimum atomic E-state index is -3.06. The van der Waals surface area contributed by atoms with Crippen molar-refractivity contribution in [3.63, 3.8) is 0 Å². The van der Waals surface area contributed by atoms with Gasteiger partial charge in [-0.2, -0.15) is 0 Å². The number of ether oxygens (including phenoxy) is 2. The average molecular weight is 369 g/mol. The quantitative estimate of drug-likeness (QED) is 0.477. The summed E-state index contributed by atoms with van der Waals surface area (Å²) in [7, 11) is 0.259. The lowest BCUT2D eigenvalue weighted by molar-refractivity contribution is 0.312. The molecule has 2 rings (SSSR count). The first kappa shape index (κ1) is 19.4. The zero-order valence-electron chi connectivity index (χ0n) is 15.3. The highest BCUT2D eigenvalue weighted by atomic mass is 32.2. The largest absolute Gasteiger partial charge is 0.497 e. The number of nitrogens with one attached hydrogen (secondary N) is 1. The van der Waals surface area contributed by atoms with Crippen molar-refractivity contribution in [3.8, 4) is 11.5 Å². The van der Waals surface area contributed by atoms with Crippen molar-refractivity contribution in [1.82, 2.24) is 10.2 Å². The highest BCUT2D eigenvalue weighted by Crippen LogP contribution is 2.23. The standard InChI is InChI=1S/C17H27N3O4S/c1-17(2)13-20(10-12-25(17,21)22)16(18-3)19-9-11-24-15-7-5-14(23-4)6-8-15/h5-8H,9-13H2,1-4H3,(H,18,19). The molecule has 1 aromatic rings. The lowest BCUT2D eigenvalue weighted by atomic mass is 10.2. The fourth-order valence-corrected chi connectivity index (χ4v) is 4.03. The van der Waals surface area contributed by atoms with Crippen molar-refractivity contribution in [2.75, 3.05) is 46.2 Å². The number of sulfone groups is 1. The Morgan fingerprint density at radius 2 is 1.92 bits per heavy atom. The van der Waals surface area contributed by atoms with Gasteiger partial charge in [0.15, 0.2) is 15.8 Å². The summed E-state index contributed by atoms with van der Waals surface area (Å²) >= 11 is 0. The van der Waals surface area contributed by atoms with E-state index in [1.54, 1.807) is 28.0 Å². The van der Waals surface area contributed by atoms with Gasteiger partial charge in [0.25, 0.3) is 0 Å². The Bertz CT molecular complexity index is 699. The van der Waals surface area contributed by atoms with Gasteiger partial charge in [0, 0.05) is 20.1 Å². The molecule has 0 aromatic heterocycles. The van der Waals surface area contributed by atoms with Crippen LogP contribution in [0.25, 0.3) is 0 Å². The van der Waals surface area contributed by atoms with E-state index in [0.29, 0.717) is 32.2 Å². The molecule has 8 heteroatoms. The van der Waals surface area contributed by atoms with E-state index >= 15 is 0 Å². The smallest absolute Gasteiger partial charge is 0.193 e. The second kappa shape index (κ2) is 7.95. The number of hydrogen-bond acceptors (Lipinski definition) is 5. The molecule has 0 spiro atoms. The van der Waals surface area contributed by atoms with Crippen molar-refractivity contribution < 1.29 is 17.9 Å². The van der Waals surface area contributed by atoms with Crippen LogP contribution in [-0.2, 0) is 9.84 Å². The second-order valence-electron chi connectivity index (χ2n) is 6.50. The molecule has 1 aliphatic heterocycles. The fraction of sp³-hybridized carbons (Fsp3) is 0.588. The number of hydrogen-bond donors (Lipinski definition) is 1. The molecular formula is C17H27N3O4S. The molecule has 0 amide bonds. The molecule has 0 bridgehead atoms. The topological polar surface area (TPSA) is 80.2 Å². The first-order chi connectivity index (χ1) is 11.8. The third-order valence-corrected chi connectivity index (χ3v) is 6.80. The molecule has 140 valence electrons. The Labute approximate surface area is 149 Å². The third kappa shape index (κ3) is 4.78. The van der Waals surface area contributed by atoms with Gasteiger partial charge in [0.05, 0.1) is 24.2 Å². The van der Waals surface area contributed by atoms with Crippen LogP contribution in [0, 0.1) is 0 Å². The van der Waals surface area contributed by atoms with E-state index in [-0.39, 0.29) is 5.75 Å². The molecule has 0 saturated carbocycles. The Hall–Kier alpha value is -1.96. The van der Waals surface area contributed by atoms with Gasteiger partial charge in [-0.05, 0) is 38.1 Å². The van der Waals surface area contributed by atoms with Crippen molar-refractivity contribution in [2.45, 2.75) is 18.6 Å². The van der Waals surface area contributed by atoms with Crippen molar-refractivity contribution in [1.29, 1.82) is 0 Å². The molecule has 1 N–H and O–H groups in total. The van der Waals surface area contributed by atoms with Gasteiger partial charge in [-0.3, -0.25) is 4.99 Å². The van der Waals surface area contributed by atoms with E-state index in [2.05, 4.69) is 10.3 Å². The molecule has 1 aliphatic rings. The van der Waals surface area contributed by atoms with E-state index < -0.39 is 14.6 Å². The molecule has 1 fully saturated rings. The van der Waals surface area contributed by atoms with E-state index in [9.17, 15) is 8.42 Å². The Morgan fingerprint density at radius 1 is 1.28 bits per heavy atom. The normalized spacial score (nSPS) is 19.4. The average Bonchev–Trinajstić information content (AvgIpc) is 2.58. The Kier molecular flexibility index (Phi) is 6.16. The minimum absolute atomic E-state index is 0.142. The summed E-state index contributed by atoms with van der Waals surface area (Å²) < 4.78 is 34.2. The van der Waals surface area contributed by atoms with Crippen molar-refractivity contribution in [2.24, 2.45) is 4.99 Å². The van der Waals surface area contributed by atoms with E-state index in [1.165, 1.54) is 0 Å². The van der Waals surface area contributed by atoms with E-state index in [0.717, 1.165) is 11.5 Å². The molecule has 0 aliphatic carbocycles. The molecule has 1 aromatic carbocycles. The molecule has 25 heavy (non-hydrogen) atoms. The second-order valence-corrected chi connectivity index (χ2v) is 9.24. The number of guanidine groups is 1. The van der Waals surface area contributed by atoms with Gasteiger partial charge < -0.3 is 19.7 Å². The van der Waals surface area contributed by atoms with Crippen LogP contribution in [0.2, 0.25) is 0 Å². The Balaban J connectivity index is 1.82. The molecule has 1 saturated heterocycles. The van der Waals surface area contributed by atoms with Crippen molar-refractivity contribution in [3.05, 3.63) is 24.3 Å². The van der Waals surface area contributed by atoms with Crippen LogP contribution in [0.1, 0.15) is 13.8 Å². The minimum Gasteiger partial charge on any atom is -0.497 e. The van der Waals surface area contributed by atoms with Gasteiger partial charge in [0.1, 0.15) is 18.1 Å². The van der Waals surface area contributed by atoms with Crippen LogP contribution in [0.5, 0.6) is 11.5 Å². The maximum atomic E-state index is 12.1. The first-order valence-electron chi connectivity index (χ1n) is 8.24. The third-order valence-electron chi connectivity index (χ3n) is 4.27. The number of rotatable bonds is 5. The summed E-state index contributed by atoms with van der Waals surface area (Å²) in [5, 5.41) is 3.23. The highest BCUT2D eigenvalue weighted by Gasteiger charge is 2.40. The molecule has 0 unspecified atom stereocenters. The van der Waals surface area contributed by atoms with Gasteiger partial charge >= 0.3 is 0 Å². The molecule has 0 atom stereocenters. The zero-order valence-corrected chi connectivity index (χ0v) is 16.1. The van der Waals surface area contributed by atoms with Crippen LogP contribution in [0.3, 0.4) is 0 Å². The number of benzene rings is 1. The monoisotopic (exact) mass is 369 g/mol.